The number of benzene rings is 2. The molecule has 34 heavy (non-hydrogen) atoms. The normalized spacial score (nSPS) is 17.6. The zero-order valence-corrected chi connectivity index (χ0v) is 19.4. The highest BCUT2D eigenvalue weighted by Gasteiger charge is 2.47. The number of halogens is 3. The number of carbonyl (C=O) groups is 1. The molecule has 2 N–H and O–H groups in total. The number of aromatic nitrogens is 2. The molecule has 2 atom stereocenters. The van der Waals surface area contributed by atoms with Gasteiger partial charge >= 0.3 is 6.18 Å². The van der Waals surface area contributed by atoms with E-state index in [2.05, 4.69) is 15.7 Å². The van der Waals surface area contributed by atoms with Crippen LogP contribution in [0.3, 0.4) is 0 Å². The van der Waals surface area contributed by atoms with E-state index in [1.165, 1.54) is 6.20 Å². The summed E-state index contributed by atoms with van der Waals surface area (Å²) < 4.78 is 42.6. The summed E-state index contributed by atoms with van der Waals surface area (Å²) in [7, 11) is 3.87. The van der Waals surface area contributed by atoms with E-state index in [4.69, 9.17) is 0 Å². The number of rotatable bonds is 6. The lowest BCUT2D eigenvalue weighted by atomic mass is 9.95. The van der Waals surface area contributed by atoms with Crippen LogP contribution in [0.25, 0.3) is 0 Å². The van der Waals surface area contributed by atoms with Crippen molar-refractivity contribution in [1.82, 2.24) is 15.1 Å². The molecule has 2 aromatic carbocycles. The average Bonchev–Trinajstić information content (AvgIpc) is 3.25. The van der Waals surface area contributed by atoms with Crippen LogP contribution >= 0.6 is 0 Å². The van der Waals surface area contributed by atoms with Crippen LogP contribution in [0.15, 0.2) is 54.7 Å². The molecule has 2 heterocycles. The molecule has 1 amide bonds. The molecule has 0 radical (unpaired) electrons. The number of amides is 1. The van der Waals surface area contributed by atoms with E-state index in [1.807, 2.05) is 74.4 Å². The Labute approximate surface area is 196 Å². The first-order chi connectivity index (χ1) is 16.2. The van der Waals surface area contributed by atoms with Gasteiger partial charge in [-0.2, -0.15) is 18.3 Å². The van der Waals surface area contributed by atoms with Crippen LogP contribution in [0, 0.1) is 0 Å². The topological polar surface area (TPSA) is 62.2 Å². The highest BCUT2D eigenvalue weighted by molar-refractivity contribution is 5.98. The zero-order chi connectivity index (χ0) is 24.5. The standard InChI is InChI=1S/C25H28F3N5O/c1-4-16-5-9-18(10-6-16)21-13-22(25(26,27)28)33-23(31-21)20(15-30-33)24(34)29-14-17-7-11-19(12-8-17)32(2)3/h5-12,15,21-22,31H,4,13-14H2,1-3H3,(H,29,34)/t21-,22+/m1/s1. The summed E-state index contributed by atoms with van der Waals surface area (Å²) in [5.41, 5.74) is 3.85. The van der Waals surface area contributed by atoms with Crippen LogP contribution < -0.4 is 15.5 Å². The fraction of sp³-hybridized carbons (Fsp3) is 0.360. The van der Waals surface area contributed by atoms with Gasteiger partial charge in [-0.25, -0.2) is 4.68 Å². The quantitative estimate of drug-likeness (QED) is 0.525. The Hall–Kier alpha value is -3.49. The average molecular weight is 472 g/mol. The van der Waals surface area contributed by atoms with Gasteiger partial charge in [0, 0.05) is 32.7 Å². The molecular weight excluding hydrogens is 443 g/mol. The van der Waals surface area contributed by atoms with Crippen molar-refractivity contribution >= 4 is 17.4 Å². The van der Waals surface area contributed by atoms with E-state index < -0.39 is 24.2 Å². The first-order valence-electron chi connectivity index (χ1n) is 11.2. The van der Waals surface area contributed by atoms with Crippen molar-refractivity contribution in [2.45, 2.75) is 44.6 Å². The monoisotopic (exact) mass is 471 g/mol. The Morgan fingerprint density at radius 2 is 1.76 bits per heavy atom. The molecule has 1 aliphatic rings. The number of nitrogens with one attached hydrogen (secondary N) is 2. The summed E-state index contributed by atoms with van der Waals surface area (Å²) in [6, 6.07) is 12.8. The van der Waals surface area contributed by atoms with Crippen LogP contribution in [0.4, 0.5) is 24.7 Å². The first kappa shape index (κ1) is 23.7. The minimum Gasteiger partial charge on any atom is -0.378 e. The van der Waals surface area contributed by atoms with E-state index >= 15 is 0 Å². The molecule has 0 unspecified atom stereocenters. The van der Waals surface area contributed by atoms with Gasteiger partial charge in [-0.3, -0.25) is 4.79 Å². The Morgan fingerprint density at radius 3 is 2.35 bits per heavy atom. The van der Waals surface area contributed by atoms with Crippen LogP contribution in [0.2, 0.25) is 0 Å². The van der Waals surface area contributed by atoms with Crippen molar-refractivity contribution in [3.8, 4) is 0 Å². The van der Waals surface area contributed by atoms with E-state index in [0.717, 1.165) is 33.5 Å². The molecular formula is C25H28F3N5O. The smallest absolute Gasteiger partial charge is 0.378 e. The van der Waals surface area contributed by atoms with Crippen molar-refractivity contribution in [3.63, 3.8) is 0 Å². The summed E-state index contributed by atoms with van der Waals surface area (Å²) in [4.78, 5) is 14.9. The fourth-order valence-corrected chi connectivity index (χ4v) is 4.12. The van der Waals surface area contributed by atoms with Crippen LogP contribution in [-0.4, -0.2) is 36.0 Å². The van der Waals surface area contributed by atoms with Gasteiger partial charge in [0.25, 0.3) is 5.91 Å². The maximum absolute atomic E-state index is 13.9. The SMILES string of the molecule is CCc1ccc([C@H]2C[C@@H](C(F)(F)F)n3ncc(C(=O)NCc4ccc(N(C)C)cc4)c3N2)cc1. The second kappa shape index (κ2) is 9.40. The first-order valence-corrected chi connectivity index (χ1v) is 11.2. The second-order valence-electron chi connectivity index (χ2n) is 8.68. The molecule has 0 saturated carbocycles. The number of alkyl halides is 3. The Balaban J connectivity index is 1.56. The predicted octanol–water partition coefficient (Wildman–Crippen LogP) is 5.10. The summed E-state index contributed by atoms with van der Waals surface area (Å²) in [5.74, 6) is -0.396. The molecule has 6 nitrogen and oxygen atoms in total. The largest absolute Gasteiger partial charge is 0.410 e. The van der Waals surface area contributed by atoms with Gasteiger partial charge in [0.2, 0.25) is 0 Å². The molecule has 3 aromatic rings. The van der Waals surface area contributed by atoms with E-state index in [9.17, 15) is 18.0 Å². The molecule has 9 heteroatoms. The van der Waals surface area contributed by atoms with Gasteiger partial charge in [-0.1, -0.05) is 43.3 Å². The molecule has 0 aliphatic carbocycles. The Morgan fingerprint density at radius 1 is 1.12 bits per heavy atom. The minimum absolute atomic E-state index is 0.0820. The highest BCUT2D eigenvalue weighted by Crippen LogP contribution is 2.44. The second-order valence-corrected chi connectivity index (χ2v) is 8.68. The van der Waals surface area contributed by atoms with Crippen molar-refractivity contribution in [1.29, 1.82) is 0 Å². The van der Waals surface area contributed by atoms with Crippen molar-refractivity contribution in [3.05, 3.63) is 77.0 Å². The van der Waals surface area contributed by atoms with Crippen LogP contribution in [-0.2, 0) is 13.0 Å². The van der Waals surface area contributed by atoms with Gasteiger partial charge in [0.05, 0.1) is 12.2 Å². The fourth-order valence-electron chi connectivity index (χ4n) is 4.12. The predicted molar refractivity (Wildman–Crippen MR) is 126 cm³/mol. The molecule has 0 bridgehead atoms. The number of hydrogen-bond donors (Lipinski definition) is 2. The third kappa shape index (κ3) is 4.88. The lowest BCUT2D eigenvalue weighted by Crippen LogP contribution is -2.36. The molecule has 0 spiro atoms. The van der Waals surface area contributed by atoms with E-state index in [-0.39, 0.29) is 24.3 Å². The van der Waals surface area contributed by atoms with Crippen LogP contribution in [0.5, 0.6) is 0 Å². The number of carbonyl (C=O) groups excluding carboxylic acids is 1. The van der Waals surface area contributed by atoms with Gasteiger partial charge < -0.3 is 15.5 Å². The molecule has 180 valence electrons. The number of anilines is 2. The Kier molecular flexibility index (Phi) is 6.54. The van der Waals surface area contributed by atoms with Gasteiger partial charge in [0.15, 0.2) is 6.04 Å². The molecule has 1 aromatic heterocycles. The molecule has 0 saturated heterocycles. The molecule has 1 aliphatic heterocycles. The minimum atomic E-state index is -4.49. The van der Waals surface area contributed by atoms with Crippen molar-refractivity contribution < 1.29 is 18.0 Å². The summed E-state index contributed by atoms with van der Waals surface area (Å²) >= 11 is 0. The highest BCUT2D eigenvalue weighted by atomic mass is 19.4. The Bertz CT molecular complexity index is 1140. The lowest BCUT2D eigenvalue weighted by Gasteiger charge is -2.34. The maximum Gasteiger partial charge on any atom is 0.410 e. The third-order valence-electron chi connectivity index (χ3n) is 6.18. The van der Waals surface area contributed by atoms with Crippen molar-refractivity contribution in [2.75, 3.05) is 24.3 Å². The number of hydrogen-bond acceptors (Lipinski definition) is 4. The summed E-state index contributed by atoms with van der Waals surface area (Å²) in [6.07, 6.45) is -2.65. The number of fused-ring (bicyclic) bond motifs is 1. The maximum atomic E-state index is 13.9. The van der Waals surface area contributed by atoms with Gasteiger partial charge in [0.1, 0.15) is 11.4 Å². The van der Waals surface area contributed by atoms with Gasteiger partial charge in [-0.15, -0.1) is 0 Å². The van der Waals surface area contributed by atoms with E-state index in [1.54, 1.807) is 0 Å². The molecule has 0 fully saturated rings. The van der Waals surface area contributed by atoms with Crippen molar-refractivity contribution in [2.24, 2.45) is 0 Å². The summed E-state index contributed by atoms with van der Waals surface area (Å²) in [5, 5.41) is 9.87. The van der Waals surface area contributed by atoms with Crippen LogP contribution in [0.1, 0.15) is 52.5 Å². The zero-order valence-electron chi connectivity index (χ0n) is 19.4. The summed E-state index contributed by atoms with van der Waals surface area (Å²) in [6.45, 7) is 2.27. The van der Waals surface area contributed by atoms with Gasteiger partial charge in [-0.05, 0) is 35.2 Å². The lowest BCUT2D eigenvalue weighted by molar-refractivity contribution is -0.173. The van der Waals surface area contributed by atoms with E-state index in [0.29, 0.717) is 0 Å². The third-order valence-corrected chi connectivity index (χ3v) is 6.18. The number of aryl methyl sites for hydroxylation is 1. The number of nitrogens with zero attached hydrogens (tertiary/aromatic N) is 3. The molecule has 4 rings (SSSR count).